The fraction of sp³-hybridized carbons (Fsp3) is 0.286. The van der Waals surface area contributed by atoms with Crippen molar-refractivity contribution in [3.05, 3.63) is 59.4 Å². The van der Waals surface area contributed by atoms with Gasteiger partial charge in [0.25, 0.3) is 5.91 Å². The number of hydrogen-bond donors (Lipinski definition) is 1. The average molecular weight is 413 g/mol. The Labute approximate surface area is 173 Å². The van der Waals surface area contributed by atoms with Gasteiger partial charge in [-0.25, -0.2) is 4.68 Å². The molecule has 0 saturated heterocycles. The molecule has 4 rings (SSSR count). The number of carbonyl (C=O) groups excluding carboxylic acids is 1. The Hall–Kier alpha value is -3.06. The summed E-state index contributed by atoms with van der Waals surface area (Å²) in [7, 11) is 1.60. The molecule has 3 aromatic rings. The second-order valence-corrected chi connectivity index (χ2v) is 7.25. The van der Waals surface area contributed by atoms with Crippen LogP contribution in [-0.4, -0.2) is 34.1 Å². The van der Waals surface area contributed by atoms with E-state index in [1.165, 1.54) is 23.7 Å². The van der Waals surface area contributed by atoms with Crippen LogP contribution < -0.4 is 14.8 Å². The number of halogens is 1. The third kappa shape index (κ3) is 4.35. The monoisotopic (exact) mass is 412 g/mol. The SMILES string of the molecule is COc1ccc(NC(=O)c2cn(-c3ccccc3Cl)nn2)cc1OC1CCCC1. The molecule has 150 valence electrons. The quantitative estimate of drug-likeness (QED) is 0.644. The highest BCUT2D eigenvalue weighted by Gasteiger charge is 2.19. The number of ether oxygens (including phenoxy) is 2. The van der Waals surface area contributed by atoms with Gasteiger partial charge in [0.2, 0.25) is 0 Å². The number of methoxy groups -OCH3 is 1. The number of para-hydroxylation sites is 1. The second kappa shape index (κ2) is 8.53. The number of anilines is 1. The molecule has 1 aromatic heterocycles. The van der Waals surface area contributed by atoms with Crippen LogP contribution in [0.1, 0.15) is 36.2 Å². The van der Waals surface area contributed by atoms with Crippen molar-refractivity contribution in [3.8, 4) is 17.2 Å². The highest BCUT2D eigenvalue weighted by atomic mass is 35.5. The lowest BCUT2D eigenvalue weighted by molar-refractivity contribution is 0.102. The minimum atomic E-state index is -0.375. The number of amides is 1. The van der Waals surface area contributed by atoms with Crippen molar-refractivity contribution in [3.63, 3.8) is 0 Å². The highest BCUT2D eigenvalue weighted by molar-refractivity contribution is 6.32. The molecule has 1 N–H and O–H groups in total. The zero-order chi connectivity index (χ0) is 20.2. The van der Waals surface area contributed by atoms with Crippen molar-refractivity contribution in [2.24, 2.45) is 0 Å². The first-order chi connectivity index (χ1) is 14.1. The summed E-state index contributed by atoms with van der Waals surface area (Å²) in [6.07, 6.45) is 6.13. The first kappa shape index (κ1) is 19.3. The smallest absolute Gasteiger partial charge is 0.277 e. The van der Waals surface area contributed by atoms with Gasteiger partial charge in [-0.3, -0.25) is 4.79 Å². The largest absolute Gasteiger partial charge is 0.493 e. The van der Waals surface area contributed by atoms with Crippen LogP contribution in [0.5, 0.6) is 11.5 Å². The van der Waals surface area contributed by atoms with E-state index in [4.69, 9.17) is 21.1 Å². The summed E-state index contributed by atoms with van der Waals surface area (Å²) in [6, 6.07) is 12.5. The van der Waals surface area contributed by atoms with Crippen molar-refractivity contribution >= 4 is 23.2 Å². The maximum Gasteiger partial charge on any atom is 0.277 e. The lowest BCUT2D eigenvalue weighted by Crippen LogP contribution is -2.14. The van der Waals surface area contributed by atoms with Gasteiger partial charge in [-0.1, -0.05) is 28.9 Å². The summed E-state index contributed by atoms with van der Waals surface area (Å²) >= 11 is 6.18. The van der Waals surface area contributed by atoms with Gasteiger partial charge in [0.05, 0.1) is 30.1 Å². The van der Waals surface area contributed by atoms with Crippen LogP contribution in [0.4, 0.5) is 5.69 Å². The number of benzene rings is 2. The van der Waals surface area contributed by atoms with Gasteiger partial charge >= 0.3 is 0 Å². The predicted molar refractivity (Wildman–Crippen MR) is 110 cm³/mol. The fourth-order valence-electron chi connectivity index (χ4n) is 3.35. The molecule has 1 amide bonds. The van der Waals surface area contributed by atoms with Gasteiger partial charge in [-0.05, 0) is 49.9 Å². The minimum absolute atomic E-state index is 0.180. The molecule has 2 aromatic carbocycles. The molecule has 7 nitrogen and oxygen atoms in total. The molecule has 0 atom stereocenters. The summed E-state index contributed by atoms with van der Waals surface area (Å²) in [5, 5.41) is 11.3. The Kier molecular flexibility index (Phi) is 5.67. The van der Waals surface area contributed by atoms with E-state index in [2.05, 4.69) is 15.6 Å². The summed E-state index contributed by atoms with van der Waals surface area (Å²) < 4.78 is 12.9. The lowest BCUT2D eigenvalue weighted by atomic mass is 10.2. The molecule has 1 fully saturated rings. The Morgan fingerprint density at radius 1 is 1.17 bits per heavy atom. The number of carbonyl (C=O) groups is 1. The molecule has 0 radical (unpaired) electrons. The summed E-state index contributed by atoms with van der Waals surface area (Å²) in [5.41, 5.74) is 1.42. The third-order valence-electron chi connectivity index (χ3n) is 4.84. The van der Waals surface area contributed by atoms with E-state index in [0.717, 1.165) is 12.8 Å². The lowest BCUT2D eigenvalue weighted by Gasteiger charge is -2.17. The summed E-state index contributed by atoms with van der Waals surface area (Å²) in [5.74, 6) is 0.886. The van der Waals surface area contributed by atoms with E-state index in [9.17, 15) is 4.79 Å². The van der Waals surface area contributed by atoms with Gasteiger partial charge < -0.3 is 14.8 Å². The third-order valence-corrected chi connectivity index (χ3v) is 5.16. The fourth-order valence-corrected chi connectivity index (χ4v) is 3.57. The molecular formula is C21H21ClN4O3. The average Bonchev–Trinajstić information content (AvgIpc) is 3.41. The van der Waals surface area contributed by atoms with Crippen LogP contribution in [-0.2, 0) is 0 Å². The maximum atomic E-state index is 12.6. The van der Waals surface area contributed by atoms with E-state index in [1.54, 1.807) is 37.4 Å². The Morgan fingerprint density at radius 3 is 2.72 bits per heavy atom. The Bertz CT molecular complexity index is 1010. The Morgan fingerprint density at radius 2 is 1.97 bits per heavy atom. The minimum Gasteiger partial charge on any atom is -0.493 e. The number of rotatable bonds is 6. The van der Waals surface area contributed by atoms with E-state index in [0.29, 0.717) is 27.9 Å². The van der Waals surface area contributed by atoms with Crippen LogP contribution in [0.3, 0.4) is 0 Å². The number of aromatic nitrogens is 3. The van der Waals surface area contributed by atoms with Crippen LogP contribution in [0.25, 0.3) is 5.69 Å². The van der Waals surface area contributed by atoms with Gasteiger partial charge in [-0.2, -0.15) is 0 Å². The topological polar surface area (TPSA) is 78.3 Å². The maximum absolute atomic E-state index is 12.6. The molecule has 0 aliphatic heterocycles. The van der Waals surface area contributed by atoms with E-state index in [1.807, 2.05) is 12.1 Å². The van der Waals surface area contributed by atoms with Gasteiger partial charge in [0, 0.05) is 11.8 Å². The molecular weight excluding hydrogens is 392 g/mol. The first-order valence-corrected chi connectivity index (χ1v) is 9.85. The number of nitrogens with zero attached hydrogens (tertiary/aromatic N) is 3. The normalized spacial score (nSPS) is 14.0. The Balaban J connectivity index is 1.50. The van der Waals surface area contributed by atoms with Crippen molar-refractivity contribution < 1.29 is 14.3 Å². The molecule has 1 aliphatic carbocycles. The van der Waals surface area contributed by atoms with Crippen LogP contribution in [0.15, 0.2) is 48.7 Å². The molecule has 8 heteroatoms. The van der Waals surface area contributed by atoms with Gasteiger partial charge in [0.15, 0.2) is 17.2 Å². The van der Waals surface area contributed by atoms with Crippen molar-refractivity contribution in [2.45, 2.75) is 31.8 Å². The van der Waals surface area contributed by atoms with Crippen LogP contribution in [0, 0.1) is 0 Å². The molecule has 0 spiro atoms. The zero-order valence-electron chi connectivity index (χ0n) is 16.0. The first-order valence-electron chi connectivity index (χ1n) is 9.47. The molecule has 1 saturated carbocycles. The summed E-state index contributed by atoms with van der Waals surface area (Å²) in [6.45, 7) is 0. The summed E-state index contributed by atoms with van der Waals surface area (Å²) in [4.78, 5) is 12.6. The molecule has 29 heavy (non-hydrogen) atoms. The van der Waals surface area contributed by atoms with E-state index < -0.39 is 0 Å². The van der Waals surface area contributed by atoms with Crippen molar-refractivity contribution in [2.75, 3.05) is 12.4 Å². The zero-order valence-corrected chi connectivity index (χ0v) is 16.7. The van der Waals surface area contributed by atoms with Crippen LogP contribution >= 0.6 is 11.6 Å². The predicted octanol–water partition coefficient (Wildman–Crippen LogP) is 4.50. The molecule has 0 bridgehead atoms. The number of hydrogen-bond acceptors (Lipinski definition) is 5. The second-order valence-electron chi connectivity index (χ2n) is 6.84. The van der Waals surface area contributed by atoms with Gasteiger partial charge in [-0.15, -0.1) is 5.10 Å². The van der Waals surface area contributed by atoms with Crippen molar-refractivity contribution in [1.82, 2.24) is 15.0 Å². The number of nitrogens with one attached hydrogen (secondary N) is 1. The standard InChI is InChI=1S/C21H21ClN4O3/c1-28-19-11-10-14(12-20(19)29-15-6-2-3-7-15)23-21(27)17-13-26(25-24-17)18-9-5-4-8-16(18)22/h4-5,8-13,15H,2-3,6-7H2,1H3,(H,23,27). The van der Waals surface area contributed by atoms with Crippen molar-refractivity contribution in [1.29, 1.82) is 0 Å². The van der Waals surface area contributed by atoms with Crippen LogP contribution in [0.2, 0.25) is 5.02 Å². The molecule has 0 unspecified atom stereocenters. The van der Waals surface area contributed by atoms with Gasteiger partial charge in [0.1, 0.15) is 0 Å². The van der Waals surface area contributed by atoms with E-state index in [-0.39, 0.29) is 17.7 Å². The highest BCUT2D eigenvalue weighted by Crippen LogP contribution is 2.34. The van der Waals surface area contributed by atoms with E-state index >= 15 is 0 Å². The molecule has 1 aliphatic rings. The molecule has 1 heterocycles.